The van der Waals surface area contributed by atoms with Crippen LogP contribution in [0.5, 0.6) is 11.5 Å². The summed E-state index contributed by atoms with van der Waals surface area (Å²) >= 11 is 0. The molecule has 1 aromatic carbocycles. The summed E-state index contributed by atoms with van der Waals surface area (Å²) in [5.41, 5.74) is 0.672. The lowest BCUT2D eigenvalue weighted by molar-refractivity contribution is -0.151. The van der Waals surface area contributed by atoms with Crippen LogP contribution in [0.15, 0.2) is 18.2 Å². The number of ether oxygens (including phenoxy) is 1. The van der Waals surface area contributed by atoms with E-state index < -0.39 is 12.0 Å². The van der Waals surface area contributed by atoms with Crippen LogP contribution in [0.25, 0.3) is 0 Å². The SMILES string of the molecule is CC(c1cc(O)cc(O)c1)N1CCOCC1C(=O)O. The number of morpholine rings is 1. The normalized spacial score (nSPS) is 22.1. The van der Waals surface area contributed by atoms with E-state index in [0.717, 1.165) is 0 Å². The van der Waals surface area contributed by atoms with Crippen LogP contribution in [0.4, 0.5) is 0 Å². The Bertz CT molecular complexity index is 456. The molecule has 2 rings (SSSR count). The van der Waals surface area contributed by atoms with Gasteiger partial charge in [0.05, 0.1) is 13.2 Å². The Balaban J connectivity index is 2.25. The van der Waals surface area contributed by atoms with Gasteiger partial charge in [0.15, 0.2) is 0 Å². The maximum Gasteiger partial charge on any atom is 0.323 e. The summed E-state index contributed by atoms with van der Waals surface area (Å²) < 4.78 is 5.19. The summed E-state index contributed by atoms with van der Waals surface area (Å²) in [6.07, 6.45) is 0. The topological polar surface area (TPSA) is 90.2 Å². The Morgan fingerprint density at radius 3 is 2.58 bits per heavy atom. The summed E-state index contributed by atoms with van der Waals surface area (Å²) in [4.78, 5) is 13.0. The van der Waals surface area contributed by atoms with Crippen molar-refractivity contribution in [3.63, 3.8) is 0 Å². The monoisotopic (exact) mass is 267 g/mol. The number of rotatable bonds is 3. The van der Waals surface area contributed by atoms with Crippen LogP contribution in [0.2, 0.25) is 0 Å². The van der Waals surface area contributed by atoms with Gasteiger partial charge in [-0.25, -0.2) is 0 Å². The molecule has 104 valence electrons. The molecule has 0 amide bonds. The average Bonchev–Trinajstić information content (AvgIpc) is 2.36. The van der Waals surface area contributed by atoms with Crippen LogP contribution in [0.1, 0.15) is 18.5 Å². The first-order chi connectivity index (χ1) is 8.99. The van der Waals surface area contributed by atoms with Crippen molar-refractivity contribution >= 4 is 5.97 Å². The fourth-order valence-corrected chi connectivity index (χ4v) is 2.34. The van der Waals surface area contributed by atoms with Crippen molar-refractivity contribution in [2.45, 2.75) is 19.0 Å². The first-order valence-corrected chi connectivity index (χ1v) is 6.08. The second-order valence-corrected chi connectivity index (χ2v) is 4.63. The van der Waals surface area contributed by atoms with Crippen molar-refractivity contribution in [3.8, 4) is 11.5 Å². The van der Waals surface area contributed by atoms with Gasteiger partial charge in [-0.05, 0) is 24.6 Å². The molecule has 3 N–H and O–H groups in total. The van der Waals surface area contributed by atoms with Gasteiger partial charge in [0, 0.05) is 18.7 Å². The molecule has 1 aliphatic rings. The second-order valence-electron chi connectivity index (χ2n) is 4.63. The minimum absolute atomic E-state index is 0.0398. The number of aliphatic carboxylic acids is 1. The smallest absolute Gasteiger partial charge is 0.323 e. The van der Waals surface area contributed by atoms with E-state index in [1.165, 1.54) is 18.2 Å². The molecular formula is C13H17NO5. The summed E-state index contributed by atoms with van der Waals surface area (Å²) in [5.74, 6) is -1.01. The van der Waals surface area contributed by atoms with E-state index in [4.69, 9.17) is 4.74 Å². The van der Waals surface area contributed by atoms with E-state index in [-0.39, 0.29) is 24.1 Å². The molecule has 0 spiro atoms. The van der Waals surface area contributed by atoms with Crippen LogP contribution in [0, 0.1) is 0 Å². The van der Waals surface area contributed by atoms with Gasteiger partial charge in [-0.3, -0.25) is 9.69 Å². The molecule has 1 saturated heterocycles. The van der Waals surface area contributed by atoms with E-state index in [1.54, 1.807) is 4.90 Å². The van der Waals surface area contributed by atoms with Crippen LogP contribution in [0.3, 0.4) is 0 Å². The Labute approximate surface area is 110 Å². The summed E-state index contributed by atoms with van der Waals surface area (Å²) in [6, 6.07) is 3.35. The molecular weight excluding hydrogens is 250 g/mol. The molecule has 1 fully saturated rings. The Morgan fingerprint density at radius 1 is 1.37 bits per heavy atom. The lowest BCUT2D eigenvalue weighted by Gasteiger charge is -2.37. The van der Waals surface area contributed by atoms with E-state index >= 15 is 0 Å². The fourth-order valence-electron chi connectivity index (χ4n) is 2.34. The van der Waals surface area contributed by atoms with Gasteiger partial charge in [0.1, 0.15) is 17.5 Å². The van der Waals surface area contributed by atoms with Gasteiger partial charge in [-0.15, -0.1) is 0 Å². The molecule has 1 aliphatic heterocycles. The zero-order chi connectivity index (χ0) is 14.0. The van der Waals surface area contributed by atoms with Crippen LogP contribution < -0.4 is 0 Å². The molecule has 0 bridgehead atoms. The molecule has 0 radical (unpaired) electrons. The minimum Gasteiger partial charge on any atom is -0.508 e. The Hall–Kier alpha value is -1.79. The van der Waals surface area contributed by atoms with E-state index in [0.29, 0.717) is 18.7 Å². The first-order valence-electron chi connectivity index (χ1n) is 6.08. The highest BCUT2D eigenvalue weighted by Crippen LogP contribution is 2.30. The molecule has 2 unspecified atom stereocenters. The molecule has 6 nitrogen and oxygen atoms in total. The third kappa shape index (κ3) is 2.97. The number of carboxylic acid groups (broad SMARTS) is 1. The van der Waals surface area contributed by atoms with Crippen molar-refractivity contribution in [1.29, 1.82) is 0 Å². The van der Waals surface area contributed by atoms with E-state index in [2.05, 4.69) is 0 Å². The quantitative estimate of drug-likeness (QED) is 0.755. The van der Waals surface area contributed by atoms with E-state index in [1.807, 2.05) is 6.92 Å². The second kappa shape index (κ2) is 5.46. The zero-order valence-electron chi connectivity index (χ0n) is 10.6. The molecule has 0 aliphatic carbocycles. The Morgan fingerprint density at radius 2 is 2.00 bits per heavy atom. The van der Waals surface area contributed by atoms with Crippen molar-refractivity contribution in [3.05, 3.63) is 23.8 Å². The molecule has 0 aromatic heterocycles. The third-order valence-electron chi connectivity index (χ3n) is 3.36. The number of hydrogen-bond donors (Lipinski definition) is 3. The van der Waals surface area contributed by atoms with Crippen molar-refractivity contribution < 1.29 is 24.9 Å². The maximum atomic E-state index is 11.2. The predicted octanol–water partition coefficient (Wildman–Crippen LogP) is 0.944. The third-order valence-corrected chi connectivity index (χ3v) is 3.36. The molecule has 19 heavy (non-hydrogen) atoms. The number of hydrogen-bond acceptors (Lipinski definition) is 5. The standard InChI is InChI=1S/C13H17NO5/c1-8(9-4-10(15)6-11(16)5-9)14-2-3-19-7-12(14)13(17)18/h4-6,8,12,15-16H,2-3,7H2,1H3,(H,17,18). The summed E-state index contributed by atoms with van der Waals surface area (Å²) in [5, 5.41) is 28.2. The van der Waals surface area contributed by atoms with Gasteiger partial charge in [-0.2, -0.15) is 0 Å². The van der Waals surface area contributed by atoms with Crippen LogP contribution in [-0.2, 0) is 9.53 Å². The van der Waals surface area contributed by atoms with Crippen molar-refractivity contribution in [2.75, 3.05) is 19.8 Å². The number of aromatic hydroxyl groups is 2. The number of nitrogens with zero attached hydrogens (tertiary/aromatic N) is 1. The fraction of sp³-hybridized carbons (Fsp3) is 0.462. The summed E-state index contributed by atoms with van der Waals surface area (Å²) in [6.45, 7) is 2.95. The maximum absolute atomic E-state index is 11.2. The number of phenolic OH excluding ortho intramolecular Hbond substituents is 2. The van der Waals surface area contributed by atoms with Crippen molar-refractivity contribution in [2.24, 2.45) is 0 Å². The minimum atomic E-state index is -0.934. The largest absolute Gasteiger partial charge is 0.508 e. The average molecular weight is 267 g/mol. The lowest BCUT2D eigenvalue weighted by atomic mass is 10.0. The highest BCUT2D eigenvalue weighted by molar-refractivity contribution is 5.73. The lowest BCUT2D eigenvalue weighted by Crippen LogP contribution is -2.50. The zero-order valence-corrected chi connectivity index (χ0v) is 10.6. The predicted molar refractivity (Wildman–Crippen MR) is 67.1 cm³/mol. The van der Waals surface area contributed by atoms with Crippen LogP contribution in [-0.4, -0.2) is 52.0 Å². The van der Waals surface area contributed by atoms with Gasteiger partial charge < -0.3 is 20.1 Å². The highest BCUT2D eigenvalue weighted by Gasteiger charge is 2.33. The molecule has 1 aromatic rings. The Kier molecular flexibility index (Phi) is 3.92. The number of phenols is 2. The van der Waals surface area contributed by atoms with Gasteiger partial charge in [0.2, 0.25) is 0 Å². The molecule has 6 heteroatoms. The van der Waals surface area contributed by atoms with Gasteiger partial charge in [0.25, 0.3) is 0 Å². The number of carboxylic acids is 1. The molecule has 0 saturated carbocycles. The highest BCUT2D eigenvalue weighted by atomic mass is 16.5. The molecule has 2 atom stereocenters. The number of carbonyl (C=O) groups is 1. The number of benzene rings is 1. The summed E-state index contributed by atoms with van der Waals surface area (Å²) in [7, 11) is 0. The van der Waals surface area contributed by atoms with Gasteiger partial charge >= 0.3 is 5.97 Å². The molecule has 1 heterocycles. The van der Waals surface area contributed by atoms with Crippen LogP contribution >= 0.6 is 0 Å². The first kappa shape index (κ1) is 13.6. The van der Waals surface area contributed by atoms with Gasteiger partial charge in [-0.1, -0.05) is 0 Å². The van der Waals surface area contributed by atoms with E-state index in [9.17, 15) is 20.1 Å². The van der Waals surface area contributed by atoms with Crippen molar-refractivity contribution in [1.82, 2.24) is 4.90 Å².